The highest BCUT2D eigenvalue weighted by molar-refractivity contribution is 7.98. The maximum absolute atomic E-state index is 11.6. The average molecular weight is 431 g/mol. The molecule has 1 nitrogen and oxygen atoms in total. The highest BCUT2D eigenvalue weighted by Gasteiger charge is 2.44. The summed E-state index contributed by atoms with van der Waals surface area (Å²) in [7, 11) is -2.26. The molecular weight excluding hydrogens is 407 g/mol. The summed E-state index contributed by atoms with van der Waals surface area (Å²) in [6.07, 6.45) is 0. The summed E-state index contributed by atoms with van der Waals surface area (Å²) < 4.78 is 0. The minimum Gasteiger partial charge on any atom is -0.504 e. The quantitative estimate of drug-likeness (QED) is 0.243. The number of fused-ring (bicyclic) bond motifs is 1. The summed E-state index contributed by atoms with van der Waals surface area (Å²) >= 11 is 0. The van der Waals surface area contributed by atoms with Gasteiger partial charge in [-0.25, -0.2) is 0 Å². The molecule has 2 heteroatoms. The van der Waals surface area contributed by atoms with Crippen LogP contribution in [0.1, 0.15) is 5.56 Å². The Balaban J connectivity index is 1.84. The van der Waals surface area contributed by atoms with Crippen LogP contribution in [0, 0.1) is 0 Å². The molecule has 0 amide bonds. The third-order valence-electron chi connectivity index (χ3n) is 5.87. The van der Waals surface area contributed by atoms with Gasteiger partial charge < -0.3 is 5.11 Å². The van der Waals surface area contributed by atoms with E-state index in [0.29, 0.717) is 5.76 Å². The lowest BCUT2D eigenvalue weighted by atomic mass is 10.0. The van der Waals surface area contributed by atoms with Crippen LogP contribution >= 0.6 is 7.26 Å². The van der Waals surface area contributed by atoms with Crippen LogP contribution in [-0.2, 0) is 0 Å². The zero-order valence-corrected chi connectivity index (χ0v) is 18.6. The molecule has 0 spiro atoms. The molecule has 0 heterocycles. The lowest BCUT2D eigenvalue weighted by Gasteiger charge is -2.24. The van der Waals surface area contributed by atoms with Crippen molar-refractivity contribution in [1.82, 2.24) is 0 Å². The summed E-state index contributed by atoms with van der Waals surface area (Å²) in [5.41, 5.74) is 0.857. The third kappa shape index (κ3) is 3.62. The van der Waals surface area contributed by atoms with Gasteiger partial charge in [-0.2, -0.15) is 0 Å². The molecule has 0 unspecified atom stereocenters. The van der Waals surface area contributed by atoms with Gasteiger partial charge in [-0.05, 0) is 47.2 Å². The molecule has 0 saturated heterocycles. The maximum atomic E-state index is 11.6. The van der Waals surface area contributed by atoms with Crippen molar-refractivity contribution in [2.45, 2.75) is 0 Å². The van der Waals surface area contributed by atoms with Crippen molar-refractivity contribution in [2.75, 3.05) is 0 Å². The van der Waals surface area contributed by atoms with Crippen LogP contribution in [0.15, 0.2) is 139 Å². The van der Waals surface area contributed by atoms with Gasteiger partial charge in [0.2, 0.25) is 0 Å². The number of hydrogen-bond donors (Lipinski definition) is 1. The molecule has 0 aliphatic carbocycles. The van der Waals surface area contributed by atoms with Crippen LogP contribution in [0.3, 0.4) is 0 Å². The second kappa shape index (κ2) is 8.83. The molecule has 1 N–H and O–H groups in total. The van der Waals surface area contributed by atoms with Crippen LogP contribution < -0.4 is 15.9 Å². The Kier molecular flexibility index (Phi) is 5.58. The molecular formula is C30H24OP+. The Morgan fingerprint density at radius 3 is 1.47 bits per heavy atom. The van der Waals surface area contributed by atoms with Gasteiger partial charge in [-0.1, -0.05) is 97.1 Å². The summed E-state index contributed by atoms with van der Waals surface area (Å²) in [6, 6.07) is 46.0. The van der Waals surface area contributed by atoms with Crippen molar-refractivity contribution in [3.63, 3.8) is 0 Å². The summed E-state index contributed by atoms with van der Waals surface area (Å²) in [5, 5.41) is 17.4. The molecule has 5 aromatic carbocycles. The highest BCUT2D eigenvalue weighted by Crippen LogP contribution is 2.58. The Bertz CT molecular complexity index is 1260. The minimum atomic E-state index is -2.26. The summed E-state index contributed by atoms with van der Waals surface area (Å²) in [6.45, 7) is 0. The van der Waals surface area contributed by atoms with Crippen LogP contribution in [0.4, 0.5) is 0 Å². The van der Waals surface area contributed by atoms with E-state index in [9.17, 15) is 5.11 Å². The van der Waals surface area contributed by atoms with Gasteiger partial charge >= 0.3 is 0 Å². The second-order valence-corrected chi connectivity index (χ2v) is 11.0. The zero-order chi connectivity index (χ0) is 21.8. The standard InChI is InChI=1S/C30H23OP/c31-30(29-22-12-14-24-13-10-11-21-28(24)29)23-32(25-15-4-1-5-16-25,26-17-6-2-7-18-26)27-19-8-3-9-20-27/h1-23H/p+1/b30-23-. The van der Waals surface area contributed by atoms with Gasteiger partial charge in [0.1, 0.15) is 29.0 Å². The maximum Gasteiger partial charge on any atom is 0.159 e. The van der Waals surface area contributed by atoms with Crippen LogP contribution in [0.2, 0.25) is 0 Å². The van der Waals surface area contributed by atoms with Crippen molar-refractivity contribution in [1.29, 1.82) is 0 Å². The zero-order valence-electron chi connectivity index (χ0n) is 17.7. The number of aliphatic hydroxyl groups excluding tert-OH is 1. The molecule has 0 aliphatic rings. The molecule has 0 aliphatic heterocycles. The Morgan fingerprint density at radius 1 is 0.500 bits per heavy atom. The fourth-order valence-electron chi connectivity index (χ4n) is 4.36. The van der Waals surface area contributed by atoms with Gasteiger partial charge in [0, 0.05) is 5.56 Å². The predicted molar refractivity (Wildman–Crippen MR) is 140 cm³/mol. The fourth-order valence-corrected chi connectivity index (χ4v) is 8.14. The molecule has 0 radical (unpaired) electrons. The smallest absolute Gasteiger partial charge is 0.159 e. The second-order valence-electron chi connectivity index (χ2n) is 7.77. The summed E-state index contributed by atoms with van der Waals surface area (Å²) in [5.74, 6) is 2.43. The number of rotatable bonds is 5. The van der Waals surface area contributed by atoms with Gasteiger partial charge in [0.15, 0.2) is 5.76 Å². The van der Waals surface area contributed by atoms with Gasteiger partial charge in [-0.3, -0.25) is 0 Å². The minimum absolute atomic E-state index is 0.312. The monoisotopic (exact) mass is 431 g/mol. The van der Waals surface area contributed by atoms with E-state index in [1.54, 1.807) is 0 Å². The van der Waals surface area contributed by atoms with Crippen molar-refractivity contribution in [2.24, 2.45) is 0 Å². The lowest BCUT2D eigenvalue weighted by Crippen LogP contribution is -2.29. The Labute approximate surface area is 189 Å². The Hall–Kier alpha value is -3.67. The van der Waals surface area contributed by atoms with Crippen molar-refractivity contribution in [3.8, 4) is 0 Å². The average Bonchev–Trinajstić information content (AvgIpc) is 2.88. The van der Waals surface area contributed by atoms with E-state index in [2.05, 4.69) is 96.8 Å². The number of benzene rings is 5. The van der Waals surface area contributed by atoms with Gasteiger partial charge in [0.05, 0.1) is 0 Å². The molecule has 0 atom stereocenters. The summed E-state index contributed by atoms with van der Waals surface area (Å²) in [4.78, 5) is 0. The lowest BCUT2D eigenvalue weighted by molar-refractivity contribution is 0.514. The first-order chi connectivity index (χ1) is 15.8. The molecule has 32 heavy (non-hydrogen) atoms. The molecule has 0 bridgehead atoms. The fraction of sp³-hybridized carbons (Fsp3) is 0. The van der Waals surface area contributed by atoms with E-state index >= 15 is 0 Å². The van der Waals surface area contributed by atoms with E-state index in [0.717, 1.165) is 16.3 Å². The highest BCUT2D eigenvalue weighted by atomic mass is 31.2. The van der Waals surface area contributed by atoms with Crippen LogP contribution in [-0.4, -0.2) is 5.11 Å². The van der Waals surface area contributed by atoms with Crippen LogP contribution in [0.5, 0.6) is 0 Å². The van der Waals surface area contributed by atoms with Gasteiger partial charge in [0.25, 0.3) is 0 Å². The number of aliphatic hydroxyl groups is 1. The first-order valence-corrected chi connectivity index (χ1v) is 12.6. The van der Waals surface area contributed by atoms with Gasteiger partial charge in [-0.15, -0.1) is 0 Å². The molecule has 5 rings (SSSR count). The van der Waals surface area contributed by atoms with E-state index < -0.39 is 7.26 Å². The number of hydrogen-bond acceptors (Lipinski definition) is 1. The third-order valence-corrected chi connectivity index (χ3v) is 9.84. The molecule has 5 aromatic rings. The largest absolute Gasteiger partial charge is 0.504 e. The Morgan fingerprint density at radius 2 is 0.938 bits per heavy atom. The van der Waals surface area contributed by atoms with Crippen LogP contribution in [0.25, 0.3) is 16.5 Å². The van der Waals surface area contributed by atoms with Crippen molar-refractivity contribution < 1.29 is 5.11 Å². The van der Waals surface area contributed by atoms with E-state index in [1.165, 1.54) is 15.9 Å². The normalized spacial score (nSPS) is 12.1. The molecule has 0 fully saturated rings. The van der Waals surface area contributed by atoms with Crippen molar-refractivity contribution in [3.05, 3.63) is 145 Å². The van der Waals surface area contributed by atoms with E-state index in [4.69, 9.17) is 0 Å². The SMILES string of the molecule is O/C(=C\[P+](c1ccccc1)(c1ccccc1)c1ccccc1)c1cccc2ccccc12. The van der Waals surface area contributed by atoms with E-state index in [-0.39, 0.29) is 0 Å². The predicted octanol–water partition coefficient (Wildman–Crippen LogP) is 6.69. The first-order valence-electron chi connectivity index (χ1n) is 10.7. The van der Waals surface area contributed by atoms with Crippen molar-refractivity contribution >= 4 is 39.7 Å². The first kappa shape index (κ1) is 20.2. The molecule has 154 valence electrons. The molecule has 0 saturated carbocycles. The molecule has 0 aromatic heterocycles. The van der Waals surface area contributed by atoms with E-state index in [1.807, 2.05) is 42.5 Å². The topological polar surface area (TPSA) is 20.2 Å².